The van der Waals surface area contributed by atoms with Crippen molar-refractivity contribution in [3.63, 3.8) is 0 Å². The molecule has 0 radical (unpaired) electrons. The van der Waals surface area contributed by atoms with Crippen LogP contribution in [0.1, 0.15) is 153 Å². The molecule has 7 atom stereocenters. The second-order valence-corrected chi connectivity index (χ2v) is 14.9. The van der Waals surface area contributed by atoms with E-state index in [1.807, 2.05) is 0 Å². The molecule has 0 saturated heterocycles. The molecular weight excluding hydrogens is 504 g/mol. The van der Waals surface area contributed by atoms with Crippen LogP contribution in [0.15, 0.2) is 0 Å². The van der Waals surface area contributed by atoms with Crippen molar-refractivity contribution in [1.82, 2.24) is 0 Å². The van der Waals surface area contributed by atoms with E-state index in [-0.39, 0.29) is 6.10 Å². The molecule has 0 aliphatic rings. The fourth-order valence-corrected chi connectivity index (χ4v) is 6.25. The number of aliphatic hydroxyl groups excluding tert-OH is 1. The van der Waals surface area contributed by atoms with Crippen molar-refractivity contribution in [2.75, 3.05) is 5.33 Å². The Labute approximate surface area is 237 Å². The molecule has 1 N–H and O–H groups in total. The SMILES string of the molecule is CC(C)CCCC(C)CCC(CCC(C)CCCC(C)C)C(O)CC(C)C(C)CCC(C)C(C)CBr. The van der Waals surface area contributed by atoms with E-state index in [4.69, 9.17) is 0 Å². The molecule has 218 valence electrons. The first-order chi connectivity index (χ1) is 16.9. The quantitative estimate of drug-likeness (QED) is 0.121. The maximum atomic E-state index is 11.4. The summed E-state index contributed by atoms with van der Waals surface area (Å²) in [5.74, 6) is 6.49. The molecule has 0 aromatic rings. The third-order valence-electron chi connectivity index (χ3n) is 9.44. The van der Waals surface area contributed by atoms with Gasteiger partial charge in [0.1, 0.15) is 0 Å². The van der Waals surface area contributed by atoms with E-state index in [2.05, 4.69) is 85.2 Å². The van der Waals surface area contributed by atoms with Crippen LogP contribution in [0.2, 0.25) is 0 Å². The topological polar surface area (TPSA) is 20.2 Å². The largest absolute Gasteiger partial charge is 0.393 e. The third kappa shape index (κ3) is 18.7. The first kappa shape index (κ1) is 36.4. The monoisotopic (exact) mass is 572 g/mol. The standard InChI is InChI=1S/C34H69BrO/c1-25(2)13-11-15-27(5)17-21-33(22-18-28(6)16-12-14-26(3)4)34(36)23-31(9)29(7)19-20-30(8)32(10)24-35/h25-34,36H,11-24H2,1-10H3. The van der Waals surface area contributed by atoms with Gasteiger partial charge in [-0.2, -0.15) is 0 Å². The highest BCUT2D eigenvalue weighted by Crippen LogP contribution is 2.32. The first-order valence-electron chi connectivity index (χ1n) is 16.1. The summed E-state index contributed by atoms with van der Waals surface area (Å²) in [5.41, 5.74) is 0. The van der Waals surface area contributed by atoms with Crippen LogP contribution in [0, 0.1) is 53.3 Å². The maximum absolute atomic E-state index is 11.4. The van der Waals surface area contributed by atoms with E-state index in [1.165, 1.54) is 77.0 Å². The Morgan fingerprint density at radius 1 is 0.472 bits per heavy atom. The van der Waals surface area contributed by atoms with Crippen molar-refractivity contribution < 1.29 is 5.11 Å². The summed E-state index contributed by atoms with van der Waals surface area (Å²) in [4.78, 5) is 0. The van der Waals surface area contributed by atoms with Crippen molar-refractivity contribution in [1.29, 1.82) is 0 Å². The molecule has 0 aliphatic carbocycles. The van der Waals surface area contributed by atoms with Crippen LogP contribution in [-0.2, 0) is 0 Å². The summed E-state index contributed by atoms with van der Waals surface area (Å²) in [6.45, 7) is 23.8. The maximum Gasteiger partial charge on any atom is 0.0571 e. The van der Waals surface area contributed by atoms with E-state index >= 15 is 0 Å². The lowest BCUT2D eigenvalue weighted by molar-refractivity contribution is 0.0587. The molecule has 36 heavy (non-hydrogen) atoms. The average Bonchev–Trinajstić information content (AvgIpc) is 2.80. The van der Waals surface area contributed by atoms with Gasteiger partial charge in [0.15, 0.2) is 0 Å². The highest BCUT2D eigenvalue weighted by Gasteiger charge is 2.25. The van der Waals surface area contributed by atoms with E-state index in [0.29, 0.717) is 17.8 Å². The summed E-state index contributed by atoms with van der Waals surface area (Å²) in [6, 6.07) is 0. The van der Waals surface area contributed by atoms with Gasteiger partial charge in [-0.15, -0.1) is 0 Å². The highest BCUT2D eigenvalue weighted by molar-refractivity contribution is 9.09. The minimum Gasteiger partial charge on any atom is -0.393 e. The van der Waals surface area contributed by atoms with Crippen LogP contribution >= 0.6 is 15.9 Å². The van der Waals surface area contributed by atoms with Crippen molar-refractivity contribution in [3.8, 4) is 0 Å². The average molecular weight is 574 g/mol. The highest BCUT2D eigenvalue weighted by atomic mass is 79.9. The Hall–Kier alpha value is 0.440. The Morgan fingerprint density at radius 3 is 1.28 bits per heavy atom. The lowest BCUT2D eigenvalue weighted by Gasteiger charge is -2.30. The van der Waals surface area contributed by atoms with Crippen LogP contribution in [-0.4, -0.2) is 16.5 Å². The van der Waals surface area contributed by atoms with Crippen LogP contribution in [0.25, 0.3) is 0 Å². The number of aliphatic hydroxyl groups is 1. The minimum absolute atomic E-state index is 0.132. The third-order valence-corrected chi connectivity index (χ3v) is 10.5. The van der Waals surface area contributed by atoms with Gasteiger partial charge >= 0.3 is 0 Å². The molecule has 0 aromatic carbocycles. The number of alkyl halides is 1. The molecule has 2 heteroatoms. The van der Waals surface area contributed by atoms with Crippen molar-refractivity contribution in [3.05, 3.63) is 0 Å². The zero-order chi connectivity index (χ0) is 27.7. The predicted octanol–water partition coefficient (Wildman–Crippen LogP) is 11.6. The zero-order valence-electron chi connectivity index (χ0n) is 26.5. The summed E-state index contributed by atoms with van der Waals surface area (Å²) in [5, 5.41) is 12.6. The van der Waals surface area contributed by atoms with Gasteiger partial charge in [0.2, 0.25) is 0 Å². The van der Waals surface area contributed by atoms with Crippen molar-refractivity contribution in [2.24, 2.45) is 53.3 Å². The van der Waals surface area contributed by atoms with Gasteiger partial charge in [0, 0.05) is 5.33 Å². The normalized spacial score (nSPS) is 19.2. The molecule has 0 amide bonds. The van der Waals surface area contributed by atoms with Crippen molar-refractivity contribution >= 4 is 15.9 Å². The molecule has 0 aromatic heterocycles. The fourth-order valence-electron chi connectivity index (χ4n) is 5.62. The van der Waals surface area contributed by atoms with E-state index in [1.54, 1.807) is 0 Å². The van der Waals surface area contributed by atoms with Crippen molar-refractivity contribution in [2.45, 2.75) is 159 Å². The smallest absolute Gasteiger partial charge is 0.0571 e. The molecule has 0 rings (SSSR count). The number of hydrogen-bond acceptors (Lipinski definition) is 1. The Morgan fingerprint density at radius 2 is 0.889 bits per heavy atom. The lowest BCUT2D eigenvalue weighted by Crippen LogP contribution is -2.26. The van der Waals surface area contributed by atoms with E-state index in [0.717, 1.165) is 47.3 Å². The lowest BCUT2D eigenvalue weighted by atomic mass is 9.78. The van der Waals surface area contributed by atoms with E-state index in [9.17, 15) is 5.11 Å². The number of rotatable bonds is 23. The molecular formula is C34H69BrO. The summed E-state index contributed by atoms with van der Waals surface area (Å²) >= 11 is 3.66. The first-order valence-corrected chi connectivity index (χ1v) is 17.2. The zero-order valence-corrected chi connectivity index (χ0v) is 28.1. The van der Waals surface area contributed by atoms with Gasteiger partial charge in [-0.05, 0) is 72.5 Å². The van der Waals surface area contributed by atoms with Gasteiger partial charge in [-0.1, -0.05) is 149 Å². The fraction of sp³-hybridized carbons (Fsp3) is 1.00. The van der Waals surface area contributed by atoms with Crippen LogP contribution in [0.4, 0.5) is 0 Å². The minimum atomic E-state index is -0.132. The second kappa shape index (κ2) is 21.3. The Bertz CT molecular complexity index is 466. The van der Waals surface area contributed by atoms with Gasteiger partial charge in [0.25, 0.3) is 0 Å². The molecule has 0 saturated carbocycles. The number of halogens is 1. The van der Waals surface area contributed by atoms with E-state index < -0.39 is 0 Å². The van der Waals surface area contributed by atoms with Crippen LogP contribution < -0.4 is 0 Å². The van der Waals surface area contributed by atoms with Gasteiger partial charge in [-0.25, -0.2) is 0 Å². The molecule has 0 spiro atoms. The summed E-state index contributed by atoms with van der Waals surface area (Å²) < 4.78 is 0. The van der Waals surface area contributed by atoms with Gasteiger partial charge in [-0.3, -0.25) is 0 Å². The molecule has 0 heterocycles. The van der Waals surface area contributed by atoms with Crippen LogP contribution in [0.5, 0.6) is 0 Å². The summed E-state index contributed by atoms with van der Waals surface area (Å²) in [7, 11) is 0. The Balaban J connectivity index is 4.84. The molecule has 7 unspecified atom stereocenters. The van der Waals surface area contributed by atoms with Crippen LogP contribution in [0.3, 0.4) is 0 Å². The van der Waals surface area contributed by atoms with Gasteiger partial charge < -0.3 is 5.11 Å². The summed E-state index contributed by atoms with van der Waals surface area (Å²) in [6.07, 6.45) is 16.6. The molecule has 1 nitrogen and oxygen atoms in total. The molecule has 0 bridgehead atoms. The predicted molar refractivity (Wildman–Crippen MR) is 168 cm³/mol. The molecule has 0 fully saturated rings. The Kier molecular flexibility index (Phi) is 21.5. The molecule has 0 aliphatic heterocycles. The van der Waals surface area contributed by atoms with Gasteiger partial charge in [0.05, 0.1) is 6.10 Å². The number of hydrogen-bond donors (Lipinski definition) is 1. The second-order valence-electron chi connectivity index (χ2n) is 14.2.